The van der Waals surface area contributed by atoms with Gasteiger partial charge in [0, 0.05) is 0 Å². The molecule has 0 atom stereocenters. The van der Waals surface area contributed by atoms with E-state index in [9.17, 15) is 0 Å². The normalized spacial score (nSPS) is 11.4. The topological polar surface area (TPSA) is 44.8 Å². The zero-order valence-electron chi connectivity index (χ0n) is 20.5. The average molecular weight is 496 g/mol. The summed E-state index contributed by atoms with van der Waals surface area (Å²) in [4.78, 5) is 0. The number of benzene rings is 3. The Kier molecular flexibility index (Phi) is 6.85. The van der Waals surface area contributed by atoms with Crippen molar-refractivity contribution >= 4 is 26.5 Å². The molecule has 170 valence electrons. The van der Waals surface area contributed by atoms with Gasteiger partial charge in [-0.25, -0.2) is 0 Å². The molecule has 0 radical (unpaired) electrons. The third-order valence-electron chi connectivity index (χ3n) is 6.04. The third-order valence-corrected chi connectivity index (χ3v) is 12.2. The molecule has 0 aliphatic rings. The van der Waals surface area contributed by atoms with Crippen molar-refractivity contribution in [1.82, 2.24) is 0 Å². The maximum absolute atomic E-state index is 15.3. The van der Waals surface area contributed by atoms with Crippen molar-refractivity contribution in [2.75, 3.05) is 21.3 Å². The quantitative estimate of drug-likeness (QED) is 0.485. The third kappa shape index (κ3) is 3.97. The predicted octanol–water partition coefficient (Wildman–Crippen LogP) is 3.96. The molecule has 4 nitrogen and oxygen atoms in total. The molecule has 0 aromatic heterocycles. The molecule has 3 rings (SSSR count). The Hall–Kier alpha value is -2.58. The Balaban J connectivity index is 2.42. The van der Waals surface area contributed by atoms with E-state index in [0.717, 1.165) is 63.7 Å². The van der Waals surface area contributed by atoms with Crippen LogP contribution in [0.5, 0.6) is 17.2 Å². The van der Waals surface area contributed by atoms with Gasteiger partial charge in [-0.1, -0.05) is 0 Å². The molecular weight excluding hydrogens is 463 g/mol. The van der Waals surface area contributed by atoms with E-state index in [4.69, 9.17) is 14.2 Å². The standard InChI is InChI=1S/C27H33AsO4/c1-16-10-22(11-17(2)25(16)30-7)28(29,23-12-18(3)26(31-8)19(4)13-23)24-14-20(5)27(32-9)21(6)15-24/h10-15H,1-9H3. The van der Waals surface area contributed by atoms with Gasteiger partial charge in [-0.15, -0.1) is 0 Å². The molecule has 3 aromatic carbocycles. The summed E-state index contributed by atoms with van der Waals surface area (Å²) in [6.45, 7) is 12.0. The van der Waals surface area contributed by atoms with Crippen LogP contribution in [0, 0.1) is 41.5 Å². The minimum absolute atomic E-state index is 0.833. The van der Waals surface area contributed by atoms with Gasteiger partial charge in [0.05, 0.1) is 0 Å². The van der Waals surface area contributed by atoms with E-state index in [1.165, 1.54) is 0 Å². The van der Waals surface area contributed by atoms with E-state index in [1.54, 1.807) is 21.3 Å². The summed E-state index contributed by atoms with van der Waals surface area (Å²) in [5, 5.41) is 0. The molecular formula is C27H33AsO4. The summed E-state index contributed by atoms with van der Waals surface area (Å²) >= 11 is -4.06. The van der Waals surface area contributed by atoms with Gasteiger partial charge in [-0.05, 0) is 0 Å². The van der Waals surface area contributed by atoms with Gasteiger partial charge in [0.2, 0.25) is 0 Å². The molecule has 0 amide bonds. The summed E-state index contributed by atoms with van der Waals surface area (Å²) in [6, 6.07) is 12.1. The Morgan fingerprint density at radius 1 is 0.469 bits per heavy atom. The molecule has 0 spiro atoms. The van der Waals surface area contributed by atoms with Crippen LogP contribution in [0.25, 0.3) is 0 Å². The summed E-state index contributed by atoms with van der Waals surface area (Å²) < 4.78 is 34.6. The molecule has 5 heteroatoms. The van der Waals surface area contributed by atoms with Crippen LogP contribution in [0.15, 0.2) is 36.4 Å². The monoisotopic (exact) mass is 496 g/mol. The molecule has 0 aliphatic heterocycles. The first-order valence-corrected chi connectivity index (χ1v) is 14.2. The maximum atomic E-state index is 15.3. The molecule has 0 bridgehead atoms. The molecule has 0 saturated carbocycles. The molecule has 0 N–H and O–H groups in total. The van der Waals surface area contributed by atoms with Crippen molar-refractivity contribution in [1.29, 1.82) is 0 Å². The Labute approximate surface area is 194 Å². The Morgan fingerprint density at radius 2 is 0.656 bits per heavy atom. The van der Waals surface area contributed by atoms with E-state index in [0.29, 0.717) is 0 Å². The van der Waals surface area contributed by atoms with Crippen molar-refractivity contribution in [3.05, 3.63) is 69.8 Å². The zero-order valence-corrected chi connectivity index (χ0v) is 22.4. The number of hydrogen-bond acceptors (Lipinski definition) is 4. The second-order valence-electron chi connectivity index (χ2n) is 8.45. The fourth-order valence-corrected chi connectivity index (χ4v) is 11.3. The summed E-state index contributed by atoms with van der Waals surface area (Å²) in [5.41, 5.74) is 5.88. The first-order valence-electron chi connectivity index (χ1n) is 10.7. The van der Waals surface area contributed by atoms with Crippen LogP contribution in [0.4, 0.5) is 0 Å². The average Bonchev–Trinajstić information content (AvgIpc) is 2.72. The van der Waals surface area contributed by atoms with E-state index < -0.39 is 13.5 Å². The molecule has 0 fully saturated rings. The van der Waals surface area contributed by atoms with Crippen LogP contribution in [0.2, 0.25) is 0 Å². The van der Waals surface area contributed by atoms with Crippen LogP contribution in [-0.4, -0.2) is 34.8 Å². The summed E-state index contributed by atoms with van der Waals surface area (Å²) in [7, 11) is 5.02. The van der Waals surface area contributed by atoms with Gasteiger partial charge >= 0.3 is 194 Å². The number of aryl methyl sites for hydroxylation is 6. The molecule has 0 saturated heterocycles. The summed E-state index contributed by atoms with van der Waals surface area (Å²) in [5.74, 6) is 2.50. The number of rotatable bonds is 6. The number of methoxy groups -OCH3 is 3. The first kappa shape index (κ1) is 24.1. The van der Waals surface area contributed by atoms with Crippen molar-refractivity contribution in [2.24, 2.45) is 0 Å². The van der Waals surface area contributed by atoms with Gasteiger partial charge in [-0.2, -0.15) is 0 Å². The van der Waals surface area contributed by atoms with E-state index in [1.807, 2.05) is 77.9 Å². The van der Waals surface area contributed by atoms with E-state index in [-0.39, 0.29) is 0 Å². The number of hydrogen-bond donors (Lipinski definition) is 0. The van der Waals surface area contributed by atoms with E-state index in [2.05, 4.69) is 0 Å². The van der Waals surface area contributed by atoms with Gasteiger partial charge < -0.3 is 0 Å². The Morgan fingerprint density at radius 3 is 0.812 bits per heavy atom. The number of ether oxygens (including phenoxy) is 3. The van der Waals surface area contributed by atoms with Crippen LogP contribution < -0.4 is 27.3 Å². The van der Waals surface area contributed by atoms with Gasteiger partial charge in [-0.3, -0.25) is 0 Å². The first-order chi connectivity index (χ1) is 15.1. The Bertz CT molecular complexity index is 1010. The summed E-state index contributed by atoms with van der Waals surface area (Å²) in [6.07, 6.45) is 0. The molecule has 0 unspecified atom stereocenters. The van der Waals surface area contributed by atoms with Crippen LogP contribution in [0.1, 0.15) is 33.4 Å². The van der Waals surface area contributed by atoms with Gasteiger partial charge in [0.1, 0.15) is 0 Å². The molecule has 32 heavy (non-hydrogen) atoms. The van der Waals surface area contributed by atoms with Crippen molar-refractivity contribution < 1.29 is 18.0 Å². The second-order valence-corrected chi connectivity index (χ2v) is 14.3. The molecule has 3 aromatic rings. The molecule has 0 heterocycles. The van der Waals surface area contributed by atoms with Crippen molar-refractivity contribution in [2.45, 2.75) is 41.5 Å². The van der Waals surface area contributed by atoms with E-state index >= 15 is 3.74 Å². The van der Waals surface area contributed by atoms with Crippen LogP contribution >= 0.6 is 0 Å². The van der Waals surface area contributed by atoms with Crippen LogP contribution in [0.3, 0.4) is 0 Å². The SMILES string of the molecule is COc1c(C)cc([As](=O)(c2cc(C)c(OC)c(C)c2)c2cc(C)c(OC)c(C)c2)cc1C. The van der Waals surface area contributed by atoms with Gasteiger partial charge in [0.25, 0.3) is 0 Å². The van der Waals surface area contributed by atoms with Crippen molar-refractivity contribution in [3.63, 3.8) is 0 Å². The second kappa shape index (κ2) is 9.11. The fourth-order valence-electron chi connectivity index (χ4n) is 4.74. The zero-order chi connectivity index (χ0) is 23.8. The molecule has 0 aliphatic carbocycles. The predicted molar refractivity (Wildman–Crippen MR) is 133 cm³/mol. The van der Waals surface area contributed by atoms with Crippen LogP contribution in [-0.2, 0) is 3.74 Å². The van der Waals surface area contributed by atoms with Crippen molar-refractivity contribution in [3.8, 4) is 17.2 Å². The fraction of sp³-hybridized carbons (Fsp3) is 0.333. The van der Waals surface area contributed by atoms with Gasteiger partial charge in [0.15, 0.2) is 0 Å². The minimum atomic E-state index is -4.06.